The van der Waals surface area contributed by atoms with E-state index in [0.29, 0.717) is 0 Å². The molecule has 2 heterocycles. The number of nitrogens with zero attached hydrogens (tertiary/aromatic N) is 2. The highest BCUT2D eigenvalue weighted by Gasteiger charge is 2.03. The van der Waals surface area contributed by atoms with Crippen LogP contribution >= 0.6 is 11.3 Å². The fourth-order valence-corrected chi connectivity index (χ4v) is 1.88. The van der Waals surface area contributed by atoms with E-state index in [1.54, 1.807) is 23.7 Å². The molecule has 0 aliphatic heterocycles. The summed E-state index contributed by atoms with van der Waals surface area (Å²) in [5, 5.41) is 3.14. The first-order valence-electron chi connectivity index (χ1n) is 4.35. The van der Waals surface area contributed by atoms with Crippen molar-refractivity contribution < 1.29 is 0 Å². The lowest BCUT2D eigenvalue weighted by molar-refractivity contribution is 1.07. The molecular formula is C10H11N3S. The van der Waals surface area contributed by atoms with E-state index in [1.165, 1.54) is 0 Å². The average Bonchev–Trinajstić information content (AvgIpc) is 2.56. The Labute approximate surface area is 86.6 Å². The summed E-state index contributed by atoms with van der Waals surface area (Å²) in [4.78, 5) is 8.43. The third-order valence-corrected chi connectivity index (χ3v) is 2.80. The van der Waals surface area contributed by atoms with Crippen molar-refractivity contribution in [3.05, 3.63) is 40.1 Å². The quantitative estimate of drug-likeness (QED) is 0.816. The lowest BCUT2D eigenvalue weighted by atomic mass is 10.1. The van der Waals surface area contributed by atoms with Crippen molar-refractivity contribution in [3.8, 4) is 0 Å². The van der Waals surface area contributed by atoms with Crippen LogP contribution in [0.4, 0.5) is 5.69 Å². The highest BCUT2D eigenvalue weighted by molar-refractivity contribution is 7.09. The number of anilines is 1. The van der Waals surface area contributed by atoms with Gasteiger partial charge in [0.05, 0.1) is 10.7 Å². The van der Waals surface area contributed by atoms with Gasteiger partial charge in [-0.1, -0.05) is 0 Å². The molecule has 0 atom stereocenters. The van der Waals surface area contributed by atoms with Crippen molar-refractivity contribution >= 4 is 17.0 Å². The van der Waals surface area contributed by atoms with E-state index in [2.05, 4.69) is 15.3 Å². The van der Waals surface area contributed by atoms with E-state index in [0.717, 1.165) is 28.4 Å². The zero-order valence-electron chi connectivity index (χ0n) is 7.90. The minimum Gasteiger partial charge on any atom is -0.398 e. The van der Waals surface area contributed by atoms with Crippen LogP contribution in [0.15, 0.2) is 23.8 Å². The molecule has 0 fully saturated rings. The number of aryl methyl sites for hydroxylation is 1. The van der Waals surface area contributed by atoms with Crippen LogP contribution in [-0.4, -0.2) is 9.97 Å². The summed E-state index contributed by atoms with van der Waals surface area (Å²) in [5.41, 5.74) is 8.70. The Balaban J connectivity index is 2.23. The summed E-state index contributed by atoms with van der Waals surface area (Å²) < 4.78 is 0. The SMILES string of the molecule is Cc1nc(Cc2cnccc2N)cs1. The van der Waals surface area contributed by atoms with E-state index in [-0.39, 0.29) is 0 Å². The number of nitrogen functional groups attached to an aromatic ring is 1. The normalized spacial score (nSPS) is 10.4. The number of nitrogens with two attached hydrogens (primary N) is 1. The minimum absolute atomic E-state index is 0.768. The number of aromatic nitrogens is 2. The van der Waals surface area contributed by atoms with Crippen molar-refractivity contribution in [2.45, 2.75) is 13.3 Å². The van der Waals surface area contributed by atoms with E-state index >= 15 is 0 Å². The molecule has 3 nitrogen and oxygen atoms in total. The molecule has 2 aromatic rings. The van der Waals surface area contributed by atoms with Crippen LogP contribution in [0.1, 0.15) is 16.3 Å². The Bertz CT molecular complexity index is 436. The van der Waals surface area contributed by atoms with Crippen molar-refractivity contribution in [1.29, 1.82) is 0 Å². The standard InChI is InChI=1S/C10H11N3S/c1-7-13-9(6-14-7)4-8-5-12-3-2-10(8)11/h2-3,5-6H,4H2,1H3,(H2,11,12). The van der Waals surface area contributed by atoms with E-state index < -0.39 is 0 Å². The van der Waals surface area contributed by atoms with Gasteiger partial charge in [-0.05, 0) is 18.6 Å². The Kier molecular flexibility index (Phi) is 2.45. The van der Waals surface area contributed by atoms with Gasteiger partial charge in [0.15, 0.2) is 0 Å². The molecule has 0 bridgehead atoms. The summed E-state index contributed by atoms with van der Waals surface area (Å²) >= 11 is 1.66. The van der Waals surface area contributed by atoms with Gasteiger partial charge in [0.25, 0.3) is 0 Å². The molecule has 14 heavy (non-hydrogen) atoms. The number of thiazole rings is 1. The van der Waals surface area contributed by atoms with Crippen LogP contribution in [0.2, 0.25) is 0 Å². The van der Waals surface area contributed by atoms with Crippen LogP contribution in [0.25, 0.3) is 0 Å². The fraction of sp³-hybridized carbons (Fsp3) is 0.200. The molecule has 0 amide bonds. The molecular weight excluding hydrogens is 194 g/mol. The Morgan fingerprint density at radius 2 is 2.36 bits per heavy atom. The number of pyridine rings is 1. The largest absolute Gasteiger partial charge is 0.398 e. The topological polar surface area (TPSA) is 51.8 Å². The van der Waals surface area contributed by atoms with E-state index in [4.69, 9.17) is 5.73 Å². The average molecular weight is 205 g/mol. The van der Waals surface area contributed by atoms with E-state index in [1.807, 2.05) is 13.0 Å². The fourth-order valence-electron chi connectivity index (χ4n) is 1.27. The van der Waals surface area contributed by atoms with Crippen LogP contribution in [-0.2, 0) is 6.42 Å². The van der Waals surface area contributed by atoms with Crippen molar-refractivity contribution in [2.75, 3.05) is 5.73 Å². The molecule has 0 radical (unpaired) electrons. The Morgan fingerprint density at radius 3 is 3.00 bits per heavy atom. The van der Waals surface area contributed by atoms with Crippen LogP contribution in [0.3, 0.4) is 0 Å². The third-order valence-electron chi connectivity index (χ3n) is 1.98. The van der Waals surface area contributed by atoms with Gasteiger partial charge in [0.2, 0.25) is 0 Å². The maximum atomic E-state index is 5.81. The Hall–Kier alpha value is -1.42. The first-order valence-corrected chi connectivity index (χ1v) is 5.23. The van der Waals surface area contributed by atoms with Gasteiger partial charge in [-0.3, -0.25) is 4.98 Å². The predicted octanol–water partition coefficient (Wildman–Crippen LogP) is 2.02. The predicted molar refractivity (Wildman–Crippen MR) is 58.3 cm³/mol. The van der Waals surface area contributed by atoms with Gasteiger partial charge in [-0.15, -0.1) is 11.3 Å². The van der Waals surface area contributed by atoms with Gasteiger partial charge in [-0.25, -0.2) is 4.98 Å². The van der Waals surface area contributed by atoms with Crippen molar-refractivity contribution in [1.82, 2.24) is 9.97 Å². The molecule has 0 saturated heterocycles. The van der Waals surface area contributed by atoms with Crippen LogP contribution in [0.5, 0.6) is 0 Å². The van der Waals surface area contributed by atoms with E-state index in [9.17, 15) is 0 Å². The highest BCUT2D eigenvalue weighted by Crippen LogP contribution is 2.16. The number of rotatable bonds is 2. The second kappa shape index (κ2) is 3.75. The van der Waals surface area contributed by atoms with Gasteiger partial charge in [0.1, 0.15) is 0 Å². The van der Waals surface area contributed by atoms with Gasteiger partial charge in [0, 0.05) is 29.9 Å². The number of hydrogen-bond donors (Lipinski definition) is 1. The summed E-state index contributed by atoms with van der Waals surface area (Å²) in [5.74, 6) is 0. The molecule has 0 spiro atoms. The Morgan fingerprint density at radius 1 is 1.50 bits per heavy atom. The smallest absolute Gasteiger partial charge is 0.0897 e. The monoisotopic (exact) mass is 205 g/mol. The first-order chi connectivity index (χ1) is 6.75. The zero-order valence-corrected chi connectivity index (χ0v) is 8.71. The van der Waals surface area contributed by atoms with Crippen LogP contribution in [0, 0.1) is 6.92 Å². The van der Waals surface area contributed by atoms with Crippen molar-refractivity contribution in [2.24, 2.45) is 0 Å². The van der Waals surface area contributed by atoms with Gasteiger partial charge in [-0.2, -0.15) is 0 Å². The number of hydrogen-bond acceptors (Lipinski definition) is 4. The first kappa shape index (κ1) is 9.15. The summed E-state index contributed by atoms with van der Waals surface area (Å²) in [6.45, 7) is 2.00. The summed E-state index contributed by atoms with van der Waals surface area (Å²) in [6, 6.07) is 1.81. The molecule has 0 aliphatic carbocycles. The zero-order chi connectivity index (χ0) is 9.97. The molecule has 4 heteroatoms. The molecule has 0 unspecified atom stereocenters. The lowest BCUT2D eigenvalue weighted by Crippen LogP contribution is -1.96. The van der Waals surface area contributed by atoms with Crippen molar-refractivity contribution in [3.63, 3.8) is 0 Å². The second-order valence-electron chi connectivity index (χ2n) is 3.11. The highest BCUT2D eigenvalue weighted by atomic mass is 32.1. The van der Waals surface area contributed by atoms with Gasteiger partial charge < -0.3 is 5.73 Å². The maximum Gasteiger partial charge on any atom is 0.0897 e. The summed E-state index contributed by atoms with van der Waals surface area (Å²) in [6.07, 6.45) is 4.26. The molecule has 2 rings (SSSR count). The molecule has 2 aromatic heterocycles. The molecule has 0 saturated carbocycles. The molecule has 72 valence electrons. The molecule has 2 N–H and O–H groups in total. The minimum atomic E-state index is 0.768. The third kappa shape index (κ3) is 1.90. The lowest BCUT2D eigenvalue weighted by Gasteiger charge is -2.01. The molecule has 0 aliphatic rings. The second-order valence-corrected chi connectivity index (χ2v) is 4.17. The van der Waals surface area contributed by atoms with Gasteiger partial charge >= 0.3 is 0 Å². The maximum absolute atomic E-state index is 5.81. The molecule has 0 aromatic carbocycles. The summed E-state index contributed by atoms with van der Waals surface area (Å²) in [7, 11) is 0. The van der Waals surface area contributed by atoms with Crippen LogP contribution < -0.4 is 5.73 Å².